The first-order valence-electron chi connectivity index (χ1n) is 8.18. The van der Waals surface area contributed by atoms with Crippen molar-refractivity contribution in [2.75, 3.05) is 11.1 Å². The molecule has 0 amide bonds. The molecule has 0 saturated carbocycles. The molecule has 0 atom stereocenters. The van der Waals surface area contributed by atoms with Gasteiger partial charge in [-0.3, -0.25) is 4.79 Å². The summed E-state index contributed by atoms with van der Waals surface area (Å²) < 4.78 is 32.7. The normalized spacial score (nSPS) is 16.2. The lowest BCUT2D eigenvalue weighted by Crippen LogP contribution is -2.17. The molecule has 0 bridgehead atoms. The van der Waals surface area contributed by atoms with Crippen LogP contribution < -0.4 is 11.1 Å². The van der Waals surface area contributed by atoms with Crippen LogP contribution in [0.15, 0.2) is 59.5 Å². The van der Waals surface area contributed by atoms with E-state index < -0.39 is 11.6 Å². The van der Waals surface area contributed by atoms with E-state index in [4.69, 9.17) is 10.5 Å². The van der Waals surface area contributed by atoms with E-state index in [-0.39, 0.29) is 17.9 Å². The molecule has 0 unspecified atom stereocenters. The Bertz CT molecular complexity index is 980. The van der Waals surface area contributed by atoms with Crippen molar-refractivity contribution in [2.24, 2.45) is 0 Å². The maximum Gasteiger partial charge on any atom is 0.168 e. The van der Waals surface area contributed by atoms with Crippen molar-refractivity contribution in [3.05, 3.63) is 82.3 Å². The van der Waals surface area contributed by atoms with E-state index in [1.54, 1.807) is 12.1 Å². The lowest BCUT2D eigenvalue weighted by Gasteiger charge is -2.19. The average Bonchev–Trinajstić information content (AvgIpc) is 2.77. The topological polar surface area (TPSA) is 64.3 Å². The summed E-state index contributed by atoms with van der Waals surface area (Å²) in [4.78, 5) is 12.6. The molecular weight excluding hydrogens is 338 g/mol. The van der Waals surface area contributed by atoms with E-state index in [0.29, 0.717) is 35.7 Å². The zero-order valence-electron chi connectivity index (χ0n) is 13.8. The number of Topliss-reactive ketones (excluding diaryl/α,β-unsaturated/α-hetero) is 1. The number of halogens is 2. The number of benzene rings is 2. The molecule has 0 aromatic heterocycles. The Morgan fingerprint density at radius 1 is 1.04 bits per heavy atom. The van der Waals surface area contributed by atoms with Crippen LogP contribution in [0.2, 0.25) is 0 Å². The molecule has 0 radical (unpaired) electrons. The summed E-state index contributed by atoms with van der Waals surface area (Å²) in [5, 5.41) is 2.85. The maximum absolute atomic E-state index is 13.8. The third-order valence-corrected chi connectivity index (χ3v) is 4.50. The van der Waals surface area contributed by atoms with E-state index >= 15 is 0 Å². The van der Waals surface area contributed by atoms with Gasteiger partial charge >= 0.3 is 0 Å². The number of nitrogens with two attached hydrogens (primary N) is 1. The first kappa shape index (κ1) is 16.3. The molecular formula is C20H16F2N2O2. The monoisotopic (exact) mass is 354 g/mol. The lowest BCUT2D eigenvalue weighted by atomic mass is 9.92. The van der Waals surface area contributed by atoms with Crippen molar-refractivity contribution < 1.29 is 18.3 Å². The van der Waals surface area contributed by atoms with Gasteiger partial charge in [-0.05, 0) is 35.4 Å². The Hall–Kier alpha value is -3.15. The number of rotatable bonds is 2. The Balaban J connectivity index is 1.63. The second kappa shape index (κ2) is 6.29. The Kier molecular flexibility index (Phi) is 3.95. The Morgan fingerprint density at radius 2 is 1.88 bits per heavy atom. The number of anilines is 2. The van der Waals surface area contributed by atoms with Crippen molar-refractivity contribution in [3.63, 3.8) is 0 Å². The van der Waals surface area contributed by atoms with Crippen LogP contribution in [-0.2, 0) is 22.6 Å². The maximum atomic E-state index is 13.8. The minimum absolute atomic E-state index is 0.0859. The summed E-state index contributed by atoms with van der Waals surface area (Å²) in [6.45, 7) is 0.307. The van der Waals surface area contributed by atoms with E-state index in [2.05, 4.69) is 5.32 Å². The second-order valence-electron chi connectivity index (χ2n) is 6.36. The number of carbonyl (C=O) groups is 1. The highest BCUT2D eigenvalue weighted by molar-refractivity contribution is 6.00. The van der Waals surface area contributed by atoms with Crippen molar-refractivity contribution in [3.8, 4) is 0 Å². The molecule has 6 heteroatoms. The third-order valence-electron chi connectivity index (χ3n) is 4.50. The molecule has 1 aliphatic heterocycles. The number of carbonyl (C=O) groups excluding carboxylic acids is 1. The van der Waals surface area contributed by atoms with Gasteiger partial charge in [0.2, 0.25) is 0 Å². The van der Waals surface area contributed by atoms with Crippen molar-refractivity contribution in [1.29, 1.82) is 0 Å². The van der Waals surface area contributed by atoms with Crippen LogP contribution >= 0.6 is 0 Å². The number of fused-ring (bicyclic) bond motifs is 1. The first-order chi connectivity index (χ1) is 12.5. The minimum Gasteiger partial charge on any atom is -0.488 e. The highest BCUT2D eigenvalue weighted by atomic mass is 19.1. The van der Waals surface area contributed by atoms with Crippen molar-refractivity contribution in [2.45, 2.75) is 19.4 Å². The number of hydrogen-bond acceptors (Lipinski definition) is 4. The molecule has 2 aliphatic rings. The zero-order valence-corrected chi connectivity index (χ0v) is 13.8. The summed E-state index contributed by atoms with van der Waals surface area (Å²) in [6.07, 6.45) is 2.27. The zero-order chi connectivity index (χ0) is 18.3. The number of allylic oxidation sites excluding steroid dienone is 3. The number of nitrogens with one attached hydrogen (secondary N) is 1. The summed E-state index contributed by atoms with van der Waals surface area (Å²) in [5.41, 5.74) is 9.62. The van der Waals surface area contributed by atoms with Gasteiger partial charge in [0, 0.05) is 35.5 Å². The smallest absolute Gasteiger partial charge is 0.168 e. The minimum atomic E-state index is -0.720. The van der Waals surface area contributed by atoms with E-state index in [1.807, 2.05) is 12.1 Å². The molecule has 4 nitrogen and oxygen atoms in total. The highest BCUT2D eigenvalue weighted by Gasteiger charge is 2.26. The lowest BCUT2D eigenvalue weighted by molar-refractivity contribution is -0.115. The Morgan fingerprint density at radius 3 is 2.69 bits per heavy atom. The van der Waals surface area contributed by atoms with Gasteiger partial charge in [0.15, 0.2) is 5.78 Å². The fourth-order valence-electron chi connectivity index (χ4n) is 3.17. The van der Waals surface area contributed by atoms with Crippen LogP contribution in [0.3, 0.4) is 0 Å². The van der Waals surface area contributed by atoms with E-state index in [0.717, 1.165) is 23.3 Å². The SMILES string of the molecule is Nc1ccc2c(c1)COC1=C(C2)C(=O)CC(Nc2ccc(F)cc2F)=C1. The molecule has 132 valence electrons. The van der Waals surface area contributed by atoms with E-state index in [1.165, 1.54) is 6.07 Å². The van der Waals surface area contributed by atoms with Gasteiger partial charge in [-0.1, -0.05) is 6.07 Å². The molecule has 0 fully saturated rings. The van der Waals surface area contributed by atoms with Crippen molar-refractivity contribution >= 4 is 17.2 Å². The predicted octanol–water partition coefficient (Wildman–Crippen LogP) is 3.84. The highest BCUT2D eigenvalue weighted by Crippen LogP contribution is 2.31. The van der Waals surface area contributed by atoms with Crippen LogP contribution in [0.1, 0.15) is 17.5 Å². The van der Waals surface area contributed by atoms with Gasteiger partial charge in [0.25, 0.3) is 0 Å². The molecule has 4 rings (SSSR count). The summed E-state index contributed by atoms with van der Waals surface area (Å²) in [5.74, 6) is -0.989. The molecule has 26 heavy (non-hydrogen) atoms. The third kappa shape index (κ3) is 3.06. The van der Waals surface area contributed by atoms with Gasteiger partial charge in [0.05, 0.1) is 12.1 Å². The van der Waals surface area contributed by atoms with Gasteiger partial charge in [-0.2, -0.15) is 0 Å². The number of ketones is 1. The molecule has 1 aliphatic carbocycles. The Labute approximate surface area is 149 Å². The standard InChI is InChI=1S/C20H16F2N2O2/c21-13-2-4-18(17(22)7-13)24-15-8-19(25)16-6-11-1-3-14(23)5-12(11)10-26-20(16)9-15/h1-5,7,9,24H,6,8,10,23H2. The van der Waals surface area contributed by atoms with E-state index in [9.17, 15) is 13.6 Å². The molecule has 2 aromatic rings. The summed E-state index contributed by atoms with van der Waals surface area (Å²) in [6, 6.07) is 8.80. The quantitative estimate of drug-likeness (QED) is 0.804. The van der Waals surface area contributed by atoms with Crippen LogP contribution in [0, 0.1) is 11.6 Å². The van der Waals surface area contributed by atoms with Crippen LogP contribution in [0.4, 0.5) is 20.2 Å². The fraction of sp³-hybridized carbons (Fsp3) is 0.150. The predicted molar refractivity (Wildman–Crippen MR) is 94.1 cm³/mol. The van der Waals surface area contributed by atoms with Crippen LogP contribution in [-0.4, -0.2) is 5.78 Å². The number of nitrogen functional groups attached to an aromatic ring is 1. The molecule has 0 spiro atoms. The van der Waals surface area contributed by atoms with Crippen molar-refractivity contribution in [1.82, 2.24) is 0 Å². The summed E-state index contributed by atoms with van der Waals surface area (Å²) >= 11 is 0. The molecule has 0 saturated heterocycles. The number of hydrogen-bond donors (Lipinski definition) is 2. The van der Waals surface area contributed by atoms with Gasteiger partial charge in [-0.15, -0.1) is 0 Å². The van der Waals surface area contributed by atoms with Gasteiger partial charge in [0.1, 0.15) is 24.0 Å². The molecule has 3 N–H and O–H groups in total. The second-order valence-corrected chi connectivity index (χ2v) is 6.36. The largest absolute Gasteiger partial charge is 0.488 e. The van der Waals surface area contributed by atoms with Gasteiger partial charge < -0.3 is 15.8 Å². The van der Waals surface area contributed by atoms with Crippen LogP contribution in [0.5, 0.6) is 0 Å². The van der Waals surface area contributed by atoms with Crippen LogP contribution in [0.25, 0.3) is 0 Å². The van der Waals surface area contributed by atoms with Gasteiger partial charge in [-0.25, -0.2) is 8.78 Å². The summed E-state index contributed by atoms with van der Waals surface area (Å²) in [7, 11) is 0. The average molecular weight is 354 g/mol. The fourth-order valence-corrected chi connectivity index (χ4v) is 3.17. The molecule has 1 heterocycles. The number of ether oxygens (including phenoxy) is 1. The first-order valence-corrected chi connectivity index (χ1v) is 8.18. The molecule has 2 aromatic carbocycles.